The molecule has 25 heavy (non-hydrogen) atoms. The van der Waals surface area contributed by atoms with Gasteiger partial charge in [0.1, 0.15) is 6.04 Å². The Balaban J connectivity index is 2.27. The molecule has 1 atom stereocenters. The molecule has 2 aromatic rings. The molecule has 0 bridgehead atoms. The highest BCUT2D eigenvalue weighted by Crippen LogP contribution is 2.22. The van der Waals surface area contributed by atoms with Gasteiger partial charge < -0.3 is 19.7 Å². The van der Waals surface area contributed by atoms with E-state index in [0.717, 1.165) is 0 Å². The number of aliphatic carboxylic acids is 1. The molecule has 2 rings (SSSR count). The fourth-order valence-corrected chi connectivity index (χ4v) is 2.15. The first-order valence-electron chi connectivity index (χ1n) is 7.14. The summed E-state index contributed by atoms with van der Waals surface area (Å²) in [4.78, 5) is 44.8. The van der Waals surface area contributed by atoms with E-state index in [1.807, 2.05) is 0 Å². The molecule has 1 heterocycles. The van der Waals surface area contributed by atoms with E-state index in [0.29, 0.717) is 10.9 Å². The fourth-order valence-electron chi connectivity index (χ4n) is 2.15. The second-order valence-electron chi connectivity index (χ2n) is 5.29. The second-order valence-corrected chi connectivity index (χ2v) is 5.29. The number of aromatic nitrogens is 1. The van der Waals surface area contributed by atoms with Crippen LogP contribution >= 0.6 is 0 Å². The van der Waals surface area contributed by atoms with Crippen LogP contribution in [0.5, 0.6) is 5.75 Å². The number of nitrogens with one attached hydrogen (secondary N) is 1. The number of amides is 1. The minimum Gasteiger partial charge on any atom is -0.480 e. The number of carboxylic acid groups (broad SMARTS) is 1. The molecule has 1 aromatic heterocycles. The highest BCUT2D eigenvalue weighted by atomic mass is 16.6. The summed E-state index contributed by atoms with van der Waals surface area (Å²) in [7, 11) is 1.47. The highest BCUT2D eigenvalue weighted by molar-refractivity contribution is 5.85. The van der Waals surface area contributed by atoms with Gasteiger partial charge in [-0.1, -0.05) is 0 Å². The summed E-state index contributed by atoms with van der Waals surface area (Å²) in [6.07, 6.45) is 0. The van der Waals surface area contributed by atoms with Crippen molar-refractivity contribution in [2.75, 3.05) is 6.61 Å². The minimum atomic E-state index is -1.21. The molecule has 2 N–H and O–H groups in total. The van der Waals surface area contributed by atoms with Crippen LogP contribution < -0.4 is 15.6 Å². The first-order valence-corrected chi connectivity index (χ1v) is 7.14. The van der Waals surface area contributed by atoms with E-state index in [1.54, 1.807) is 0 Å². The van der Waals surface area contributed by atoms with Crippen molar-refractivity contribution in [1.29, 1.82) is 0 Å². The fraction of sp³-hybridized carbons (Fsp3) is 0.267. The number of carbonyl (C=O) groups excluding carboxylic acids is 1. The van der Waals surface area contributed by atoms with E-state index < -0.39 is 35.0 Å². The lowest BCUT2D eigenvalue weighted by molar-refractivity contribution is -0.384. The number of carboxylic acids is 1. The molecule has 10 nitrogen and oxygen atoms in total. The molecule has 0 aliphatic carbocycles. The zero-order valence-corrected chi connectivity index (χ0v) is 13.4. The van der Waals surface area contributed by atoms with Gasteiger partial charge in [0.25, 0.3) is 17.2 Å². The minimum absolute atomic E-state index is 0.148. The Labute approximate surface area is 140 Å². The Bertz CT molecular complexity index is 919. The van der Waals surface area contributed by atoms with Crippen molar-refractivity contribution >= 4 is 28.5 Å². The van der Waals surface area contributed by atoms with Gasteiger partial charge in [0, 0.05) is 24.6 Å². The molecule has 0 saturated heterocycles. The van der Waals surface area contributed by atoms with E-state index in [-0.39, 0.29) is 11.4 Å². The Morgan fingerprint density at radius 2 is 2.08 bits per heavy atom. The molecule has 0 spiro atoms. The van der Waals surface area contributed by atoms with Crippen molar-refractivity contribution < 1.29 is 24.4 Å². The Morgan fingerprint density at radius 3 is 2.68 bits per heavy atom. The number of fused-ring (bicyclic) bond motifs is 1. The predicted molar refractivity (Wildman–Crippen MR) is 86.6 cm³/mol. The van der Waals surface area contributed by atoms with Crippen molar-refractivity contribution in [3.05, 3.63) is 44.7 Å². The molecule has 0 aliphatic rings. The zero-order valence-electron chi connectivity index (χ0n) is 13.4. The van der Waals surface area contributed by atoms with Gasteiger partial charge in [0.05, 0.1) is 10.4 Å². The molecule has 0 fully saturated rings. The van der Waals surface area contributed by atoms with Crippen LogP contribution in [-0.4, -0.2) is 39.1 Å². The monoisotopic (exact) mass is 349 g/mol. The number of benzene rings is 1. The van der Waals surface area contributed by atoms with Crippen LogP contribution in [0.2, 0.25) is 0 Å². The molecule has 1 unspecified atom stereocenters. The van der Waals surface area contributed by atoms with Crippen LogP contribution in [0.15, 0.2) is 29.1 Å². The first kappa shape index (κ1) is 17.9. The van der Waals surface area contributed by atoms with Crippen molar-refractivity contribution in [2.24, 2.45) is 7.05 Å². The predicted octanol–water partition coefficient (Wildman–Crippen LogP) is 0.415. The van der Waals surface area contributed by atoms with Crippen molar-refractivity contribution in [1.82, 2.24) is 9.88 Å². The Kier molecular flexibility index (Phi) is 5.01. The third-order valence-corrected chi connectivity index (χ3v) is 3.49. The van der Waals surface area contributed by atoms with Gasteiger partial charge in [0.15, 0.2) is 12.4 Å². The smallest absolute Gasteiger partial charge is 0.325 e. The number of nitrogens with zero attached hydrogens (tertiary/aromatic N) is 2. The van der Waals surface area contributed by atoms with Gasteiger partial charge in [0.2, 0.25) is 0 Å². The van der Waals surface area contributed by atoms with Crippen LogP contribution in [0.1, 0.15) is 6.92 Å². The van der Waals surface area contributed by atoms with Crippen molar-refractivity contribution in [2.45, 2.75) is 13.0 Å². The SMILES string of the molecule is CC(NC(=O)COc1cc2cc([N+](=O)[O-])ccc2n(C)c1=O)C(=O)O. The van der Waals surface area contributed by atoms with E-state index in [9.17, 15) is 24.5 Å². The summed E-state index contributed by atoms with van der Waals surface area (Å²) >= 11 is 0. The summed E-state index contributed by atoms with van der Waals surface area (Å²) in [5.74, 6) is -2.09. The van der Waals surface area contributed by atoms with Crippen molar-refractivity contribution in [3.8, 4) is 5.75 Å². The maximum Gasteiger partial charge on any atom is 0.325 e. The lowest BCUT2D eigenvalue weighted by Gasteiger charge is -2.12. The zero-order chi connectivity index (χ0) is 18.7. The maximum absolute atomic E-state index is 12.2. The van der Waals surface area contributed by atoms with E-state index >= 15 is 0 Å². The molecule has 0 radical (unpaired) electrons. The van der Waals surface area contributed by atoms with Crippen LogP contribution in [0.4, 0.5) is 5.69 Å². The number of carbonyl (C=O) groups is 2. The van der Waals surface area contributed by atoms with E-state index in [1.165, 1.54) is 42.8 Å². The van der Waals surface area contributed by atoms with Gasteiger partial charge in [-0.05, 0) is 19.1 Å². The summed E-state index contributed by atoms with van der Waals surface area (Å²) in [5, 5.41) is 22.2. The molecule has 10 heteroatoms. The van der Waals surface area contributed by atoms with Gasteiger partial charge in [-0.3, -0.25) is 24.5 Å². The molecule has 1 amide bonds. The number of nitro benzene ring substituents is 1. The number of hydrogen-bond acceptors (Lipinski definition) is 6. The quantitative estimate of drug-likeness (QED) is 0.568. The number of pyridine rings is 1. The molecular weight excluding hydrogens is 334 g/mol. The summed E-state index contributed by atoms with van der Waals surface area (Å²) in [6.45, 7) is 0.724. The standard InChI is InChI=1S/C15H15N3O7/c1-8(15(21)22)16-13(19)7-25-12-6-9-5-10(18(23)24)3-4-11(9)17(2)14(12)20/h3-6,8H,7H2,1-2H3,(H,16,19)(H,21,22). The summed E-state index contributed by atoms with van der Waals surface area (Å²) < 4.78 is 6.40. The van der Waals surface area contributed by atoms with Crippen LogP contribution in [-0.2, 0) is 16.6 Å². The number of hydrogen-bond donors (Lipinski definition) is 2. The normalized spacial score (nSPS) is 11.8. The van der Waals surface area contributed by atoms with Gasteiger partial charge in [-0.2, -0.15) is 0 Å². The van der Waals surface area contributed by atoms with Crippen LogP contribution in [0.3, 0.4) is 0 Å². The topological polar surface area (TPSA) is 141 Å². The average Bonchev–Trinajstić information content (AvgIpc) is 2.56. The third-order valence-electron chi connectivity index (χ3n) is 3.49. The lowest BCUT2D eigenvalue weighted by atomic mass is 10.2. The number of aryl methyl sites for hydroxylation is 1. The summed E-state index contributed by atoms with van der Waals surface area (Å²) in [5.41, 5.74) is -0.211. The van der Waals surface area contributed by atoms with Gasteiger partial charge in [-0.15, -0.1) is 0 Å². The maximum atomic E-state index is 12.2. The Hall–Kier alpha value is -3.43. The first-order chi connectivity index (χ1) is 11.7. The van der Waals surface area contributed by atoms with Crippen LogP contribution in [0.25, 0.3) is 10.9 Å². The molecule has 1 aromatic carbocycles. The number of ether oxygens (including phenoxy) is 1. The third kappa shape index (κ3) is 3.91. The molecule has 0 aliphatic heterocycles. The van der Waals surface area contributed by atoms with Crippen LogP contribution in [0, 0.1) is 10.1 Å². The van der Waals surface area contributed by atoms with E-state index in [2.05, 4.69) is 5.32 Å². The Morgan fingerprint density at radius 1 is 1.40 bits per heavy atom. The highest BCUT2D eigenvalue weighted by Gasteiger charge is 2.16. The molecule has 132 valence electrons. The average molecular weight is 349 g/mol. The van der Waals surface area contributed by atoms with E-state index in [4.69, 9.17) is 9.84 Å². The lowest BCUT2D eigenvalue weighted by Crippen LogP contribution is -2.41. The van der Waals surface area contributed by atoms with Crippen molar-refractivity contribution in [3.63, 3.8) is 0 Å². The molecule has 0 saturated carbocycles. The summed E-state index contributed by atoms with van der Waals surface area (Å²) in [6, 6.07) is 4.22. The number of rotatable bonds is 6. The second kappa shape index (κ2) is 6.99. The van der Waals surface area contributed by atoms with Gasteiger partial charge >= 0.3 is 5.97 Å². The largest absolute Gasteiger partial charge is 0.480 e. The van der Waals surface area contributed by atoms with Gasteiger partial charge in [-0.25, -0.2) is 0 Å². The number of nitro groups is 1. The molecular formula is C15H15N3O7. The number of non-ortho nitro benzene ring substituents is 1.